The van der Waals surface area contributed by atoms with Gasteiger partial charge in [0.15, 0.2) is 5.82 Å². The van der Waals surface area contributed by atoms with Crippen molar-refractivity contribution in [2.24, 2.45) is 5.92 Å². The predicted molar refractivity (Wildman–Crippen MR) is 177 cm³/mol. The van der Waals surface area contributed by atoms with Crippen molar-refractivity contribution in [1.82, 2.24) is 25.2 Å². The van der Waals surface area contributed by atoms with Crippen LogP contribution in [0.1, 0.15) is 76.1 Å². The highest BCUT2D eigenvalue weighted by molar-refractivity contribution is 6.32. The molecule has 0 amide bonds. The van der Waals surface area contributed by atoms with Crippen LogP contribution in [0.2, 0.25) is 5.02 Å². The Morgan fingerprint density at radius 1 is 1.07 bits per heavy atom. The molecule has 3 saturated heterocycles. The molecule has 6 bridgehead atoms. The van der Waals surface area contributed by atoms with E-state index in [0.29, 0.717) is 53.1 Å². The molecule has 3 aromatic rings. The zero-order valence-electron chi connectivity index (χ0n) is 26.3. The van der Waals surface area contributed by atoms with Crippen molar-refractivity contribution in [2.75, 3.05) is 37.6 Å². The van der Waals surface area contributed by atoms with Gasteiger partial charge in [0, 0.05) is 61.1 Å². The van der Waals surface area contributed by atoms with Gasteiger partial charge in [-0.3, -0.25) is 9.88 Å². The number of aromatic nitrogens is 3. The molecule has 7 heterocycles. The Morgan fingerprint density at radius 2 is 1.89 bits per heavy atom. The number of aromatic hydroxyl groups is 1. The fourth-order valence-corrected chi connectivity index (χ4v) is 7.77. The van der Waals surface area contributed by atoms with Crippen LogP contribution in [0.4, 0.5) is 14.6 Å². The molecule has 242 valence electrons. The summed E-state index contributed by atoms with van der Waals surface area (Å²) in [6, 6.07) is 3.67. The molecule has 1 aromatic carbocycles. The Balaban J connectivity index is 0.000000337. The zero-order chi connectivity index (χ0) is 31.5. The van der Waals surface area contributed by atoms with Crippen LogP contribution < -0.4 is 10.2 Å². The average molecular weight is 639 g/mol. The first kappa shape index (κ1) is 31.9. The van der Waals surface area contributed by atoms with Crippen LogP contribution in [0.5, 0.6) is 5.75 Å². The van der Waals surface area contributed by atoms with E-state index in [-0.39, 0.29) is 17.0 Å². The number of rotatable bonds is 1. The minimum Gasteiger partial charge on any atom is -0.508 e. The number of phenols is 1. The van der Waals surface area contributed by atoms with Crippen LogP contribution in [0.15, 0.2) is 30.6 Å². The van der Waals surface area contributed by atoms with Crippen LogP contribution in [-0.4, -0.2) is 69.9 Å². The number of hydrogen-bond donors (Lipinski definition) is 2. The summed E-state index contributed by atoms with van der Waals surface area (Å²) >= 11 is 6.55. The minimum absolute atomic E-state index is 0.0169. The van der Waals surface area contributed by atoms with Crippen LogP contribution in [-0.2, 0) is 12.8 Å². The number of anilines is 1. The van der Waals surface area contributed by atoms with E-state index in [0.717, 1.165) is 81.8 Å². The smallest absolute Gasteiger partial charge is 0.175 e. The summed E-state index contributed by atoms with van der Waals surface area (Å²) in [5.74, 6) is 1.38. The molecule has 2 aromatic heterocycles. The van der Waals surface area contributed by atoms with E-state index in [2.05, 4.69) is 31.7 Å². The Bertz CT molecular complexity index is 1520. The number of hydrogen-bond acceptors (Lipinski definition) is 7. The number of aryl methyl sites for hydroxylation is 1. The van der Waals surface area contributed by atoms with Crippen LogP contribution >= 0.6 is 11.6 Å². The van der Waals surface area contributed by atoms with Gasteiger partial charge in [0.1, 0.15) is 34.8 Å². The molecule has 5 aliphatic rings. The van der Waals surface area contributed by atoms with E-state index in [1.54, 1.807) is 12.3 Å². The molecule has 8 rings (SSSR count). The van der Waals surface area contributed by atoms with E-state index in [9.17, 15) is 9.50 Å². The van der Waals surface area contributed by atoms with Gasteiger partial charge in [-0.15, -0.1) is 0 Å². The molecule has 0 spiro atoms. The van der Waals surface area contributed by atoms with Crippen molar-refractivity contribution >= 4 is 28.3 Å². The third kappa shape index (κ3) is 7.19. The minimum atomic E-state index is -0.518. The van der Waals surface area contributed by atoms with Crippen molar-refractivity contribution in [3.63, 3.8) is 0 Å². The number of pyridine rings is 1. The summed E-state index contributed by atoms with van der Waals surface area (Å²) in [5, 5.41) is 14.8. The van der Waals surface area contributed by atoms with Crippen LogP contribution in [0.3, 0.4) is 0 Å². The van der Waals surface area contributed by atoms with Gasteiger partial charge in [0.05, 0.1) is 5.39 Å². The molecule has 0 radical (unpaired) electrons. The number of allylic oxidation sites excluding steroid dienone is 1. The number of phenolic OH excluding ortho intramolecular Hbond substituents is 1. The van der Waals surface area contributed by atoms with Crippen LogP contribution in [0, 0.1) is 11.7 Å². The summed E-state index contributed by atoms with van der Waals surface area (Å²) in [6.07, 6.45) is 11.7. The van der Waals surface area contributed by atoms with Crippen molar-refractivity contribution in [1.29, 1.82) is 0 Å². The fraction of sp³-hybridized carbons (Fsp3) is 0.571. The van der Waals surface area contributed by atoms with Crippen molar-refractivity contribution in [3.05, 3.63) is 52.8 Å². The first-order valence-corrected chi connectivity index (χ1v) is 17.1. The normalized spacial score (nSPS) is 24.0. The van der Waals surface area contributed by atoms with Crippen molar-refractivity contribution in [3.8, 4) is 17.0 Å². The lowest BCUT2D eigenvalue weighted by atomic mass is 9.94. The second kappa shape index (κ2) is 14.2. The Kier molecular flexibility index (Phi) is 10.0. The summed E-state index contributed by atoms with van der Waals surface area (Å²) in [7, 11) is 0. The lowest BCUT2D eigenvalue weighted by Gasteiger charge is -2.34. The van der Waals surface area contributed by atoms with Crippen LogP contribution in [0.25, 0.3) is 22.2 Å². The monoisotopic (exact) mass is 638 g/mol. The number of nitrogens with zero attached hydrogens (tertiary/aromatic N) is 5. The molecule has 0 aliphatic carbocycles. The summed E-state index contributed by atoms with van der Waals surface area (Å²) in [6.45, 7) is 10.7. The molecule has 2 N–H and O–H groups in total. The molecule has 45 heavy (non-hydrogen) atoms. The number of nitrogens with one attached hydrogen (secondary N) is 1. The van der Waals surface area contributed by atoms with Gasteiger partial charge in [-0.05, 0) is 94.4 Å². The number of alkyl halides is 1. The highest BCUT2D eigenvalue weighted by Gasteiger charge is 2.34. The fourth-order valence-electron chi connectivity index (χ4n) is 7.46. The number of fused-ring (bicyclic) bond motifs is 9. The lowest BCUT2D eigenvalue weighted by molar-refractivity contribution is 0.292. The van der Waals surface area contributed by atoms with E-state index in [1.165, 1.54) is 25.3 Å². The molecule has 10 heteroatoms. The highest BCUT2D eigenvalue weighted by Crippen LogP contribution is 2.38. The molecule has 3 atom stereocenters. The Hall–Kier alpha value is -3.04. The van der Waals surface area contributed by atoms with Gasteiger partial charge in [-0.2, -0.15) is 0 Å². The van der Waals surface area contributed by atoms with Crippen molar-refractivity contribution in [2.45, 2.75) is 89.8 Å². The molecule has 7 nitrogen and oxygen atoms in total. The average Bonchev–Trinajstić information content (AvgIpc) is 3.61. The number of halogens is 3. The molecular weight excluding hydrogens is 594 g/mol. The summed E-state index contributed by atoms with van der Waals surface area (Å²) < 4.78 is 28.8. The number of benzene rings is 1. The van der Waals surface area contributed by atoms with E-state index < -0.39 is 12.0 Å². The second-order valence-electron chi connectivity index (χ2n) is 13.1. The van der Waals surface area contributed by atoms with Gasteiger partial charge in [-0.1, -0.05) is 25.1 Å². The van der Waals surface area contributed by atoms with Crippen molar-refractivity contribution < 1.29 is 13.9 Å². The predicted octanol–water partition coefficient (Wildman–Crippen LogP) is 7.38. The first-order valence-electron chi connectivity index (χ1n) is 16.7. The third-order valence-corrected chi connectivity index (χ3v) is 10.2. The van der Waals surface area contributed by atoms with Gasteiger partial charge < -0.3 is 15.3 Å². The standard InChI is InChI=1S/C28H33ClFN5O.C7H12FN/c1-3-24-33-27-22-15-32-26(25(27)30)21-13-19(36)14-23(29)20(21)9-5-4-7-17(2)31-11-10-18-8-6-12-35(16-18)28(22)34-24;8-6-4-7-2-1-3-9(7)5-6/h13-15,18,31,36H,2-12,16H2,1H3;6-7H,1-5H2. The van der Waals surface area contributed by atoms with E-state index in [1.807, 2.05) is 6.92 Å². The molecule has 5 aliphatic heterocycles. The molecule has 3 fully saturated rings. The van der Waals surface area contributed by atoms with Gasteiger partial charge >= 0.3 is 0 Å². The van der Waals surface area contributed by atoms with Gasteiger partial charge in [0.2, 0.25) is 0 Å². The number of piperidine rings is 1. The maximum Gasteiger partial charge on any atom is 0.175 e. The third-order valence-electron chi connectivity index (χ3n) is 9.82. The highest BCUT2D eigenvalue weighted by atomic mass is 35.5. The largest absolute Gasteiger partial charge is 0.508 e. The van der Waals surface area contributed by atoms with E-state index in [4.69, 9.17) is 16.6 Å². The van der Waals surface area contributed by atoms with Gasteiger partial charge in [0.25, 0.3) is 0 Å². The Labute approximate surface area is 270 Å². The molecule has 3 unspecified atom stereocenters. The second-order valence-corrected chi connectivity index (χ2v) is 13.5. The summed E-state index contributed by atoms with van der Waals surface area (Å²) in [5.41, 5.74) is 2.77. The maximum atomic E-state index is 16.2. The first-order chi connectivity index (χ1) is 21.8. The maximum absolute atomic E-state index is 16.2. The summed E-state index contributed by atoms with van der Waals surface area (Å²) in [4.78, 5) is 18.5. The van der Waals surface area contributed by atoms with Gasteiger partial charge in [-0.25, -0.2) is 18.7 Å². The SMILES string of the molecule is C=C1CCCCc2c(Cl)cc(O)cc2-c2ncc3c(nc(CC)nc3c2F)N2CCCC(CCN1)C2.FC1CC2CCCN2C1. The Morgan fingerprint density at radius 3 is 2.71 bits per heavy atom. The molecular formula is C35H45ClF2N6O. The topological polar surface area (TPSA) is 77.4 Å². The zero-order valence-corrected chi connectivity index (χ0v) is 27.1. The lowest BCUT2D eigenvalue weighted by Crippen LogP contribution is -2.37. The quantitative estimate of drug-likeness (QED) is 0.288. The molecule has 0 saturated carbocycles. The van der Waals surface area contributed by atoms with E-state index >= 15 is 4.39 Å².